The molecule has 0 amide bonds. The van der Waals surface area contributed by atoms with E-state index in [1.165, 1.54) is 0 Å². The minimum Gasteiger partial charge on any atom is -0.402 e. The summed E-state index contributed by atoms with van der Waals surface area (Å²) in [6.45, 7) is 4.02. The van der Waals surface area contributed by atoms with Crippen LogP contribution in [0, 0.1) is 13.8 Å². The van der Waals surface area contributed by atoms with E-state index in [-0.39, 0.29) is 5.70 Å². The molecule has 0 N–H and O–H groups in total. The van der Waals surface area contributed by atoms with Gasteiger partial charge in [0.25, 0.3) is 0 Å². The lowest BCUT2D eigenvalue weighted by Gasteiger charge is -2.08. The molecule has 1 aromatic heterocycles. The predicted molar refractivity (Wildman–Crippen MR) is 129 cm³/mol. The Morgan fingerprint density at radius 1 is 0.906 bits per heavy atom. The number of aromatic nitrogens is 1. The maximum Gasteiger partial charge on any atom is 0.363 e. The van der Waals surface area contributed by atoms with Crippen LogP contribution < -0.4 is 0 Å². The normalized spacial score (nSPS) is 14.6. The molecule has 3 aromatic carbocycles. The summed E-state index contributed by atoms with van der Waals surface area (Å²) in [5.41, 5.74) is 4.99. The first-order valence-corrected chi connectivity index (χ1v) is 11.1. The van der Waals surface area contributed by atoms with Gasteiger partial charge in [0.2, 0.25) is 5.90 Å². The number of aryl methyl sites for hydroxylation is 2. The van der Waals surface area contributed by atoms with Crippen molar-refractivity contribution in [2.75, 3.05) is 0 Å². The Hall–Kier alpha value is -3.70. The standard InChI is InChI=1S/C27H20N2O2S/c1-17-12-13-19-15-20(26(29-23(19)14-17)32-21-9-4-3-5-10-21)16-24-27(30)31-25(28-24)22-11-7-6-8-18(22)2/h3-16H,1-2H3/b24-16+. The molecule has 0 spiro atoms. The van der Waals surface area contributed by atoms with E-state index in [0.29, 0.717) is 5.90 Å². The lowest BCUT2D eigenvalue weighted by Crippen LogP contribution is -2.06. The molecule has 2 heterocycles. The SMILES string of the molecule is Cc1ccc2cc(/C=C3/N=C(c4ccccc4C)OC3=O)c(Sc3ccccc3)nc2c1. The summed E-state index contributed by atoms with van der Waals surface area (Å²) in [4.78, 5) is 23.1. The van der Waals surface area contributed by atoms with Gasteiger partial charge in [-0.2, -0.15) is 0 Å². The number of cyclic esters (lactones) is 1. The highest BCUT2D eigenvalue weighted by Crippen LogP contribution is 2.33. The van der Waals surface area contributed by atoms with Crippen molar-refractivity contribution in [1.82, 2.24) is 4.98 Å². The fraction of sp³-hybridized carbons (Fsp3) is 0.0741. The quantitative estimate of drug-likeness (QED) is 0.276. The number of fused-ring (bicyclic) bond motifs is 1. The van der Waals surface area contributed by atoms with Crippen LogP contribution in [0.2, 0.25) is 0 Å². The Kier molecular flexibility index (Phi) is 5.33. The van der Waals surface area contributed by atoms with Crippen molar-refractivity contribution < 1.29 is 9.53 Å². The molecule has 0 saturated carbocycles. The topological polar surface area (TPSA) is 51.5 Å². The Labute approximate surface area is 190 Å². The number of hydrogen-bond donors (Lipinski definition) is 0. The first kappa shape index (κ1) is 20.2. The van der Waals surface area contributed by atoms with E-state index in [1.807, 2.05) is 67.6 Å². The highest BCUT2D eigenvalue weighted by atomic mass is 32.2. The molecule has 0 atom stereocenters. The van der Waals surface area contributed by atoms with Gasteiger partial charge in [-0.25, -0.2) is 14.8 Å². The predicted octanol–water partition coefficient (Wildman–Crippen LogP) is 6.35. The maximum atomic E-state index is 12.6. The van der Waals surface area contributed by atoms with Gasteiger partial charge in [0.15, 0.2) is 5.70 Å². The van der Waals surface area contributed by atoms with Gasteiger partial charge in [0, 0.05) is 21.4 Å². The highest BCUT2D eigenvalue weighted by Gasteiger charge is 2.25. The number of rotatable bonds is 4. The minimum absolute atomic E-state index is 0.270. The van der Waals surface area contributed by atoms with Crippen LogP contribution in [0.3, 0.4) is 0 Å². The molecule has 32 heavy (non-hydrogen) atoms. The van der Waals surface area contributed by atoms with E-state index in [9.17, 15) is 4.79 Å². The molecule has 0 bridgehead atoms. The number of nitrogens with zero attached hydrogens (tertiary/aromatic N) is 2. The van der Waals surface area contributed by atoms with Crippen molar-refractivity contribution in [3.05, 3.63) is 107 Å². The minimum atomic E-state index is -0.456. The van der Waals surface area contributed by atoms with E-state index in [0.717, 1.165) is 43.1 Å². The van der Waals surface area contributed by atoms with Gasteiger partial charge in [0.1, 0.15) is 5.03 Å². The second kappa shape index (κ2) is 8.44. The Morgan fingerprint density at radius 2 is 1.69 bits per heavy atom. The van der Waals surface area contributed by atoms with Gasteiger partial charge in [-0.15, -0.1) is 0 Å². The average molecular weight is 437 g/mol. The number of pyridine rings is 1. The Balaban J connectivity index is 1.61. The number of aliphatic imine (C=N–C) groups is 1. The maximum absolute atomic E-state index is 12.6. The van der Waals surface area contributed by atoms with Gasteiger partial charge >= 0.3 is 5.97 Å². The van der Waals surface area contributed by atoms with E-state index in [4.69, 9.17) is 9.72 Å². The van der Waals surface area contributed by atoms with Crippen LogP contribution in [0.1, 0.15) is 22.3 Å². The van der Waals surface area contributed by atoms with Crippen molar-refractivity contribution in [3.63, 3.8) is 0 Å². The third kappa shape index (κ3) is 4.07. The summed E-state index contributed by atoms with van der Waals surface area (Å²) in [7, 11) is 0. The van der Waals surface area contributed by atoms with E-state index >= 15 is 0 Å². The van der Waals surface area contributed by atoms with Crippen molar-refractivity contribution in [3.8, 4) is 0 Å². The van der Waals surface area contributed by atoms with Crippen LogP contribution in [-0.4, -0.2) is 16.9 Å². The molecule has 0 saturated heterocycles. The van der Waals surface area contributed by atoms with Crippen molar-refractivity contribution >= 4 is 40.6 Å². The molecule has 0 unspecified atom stereocenters. The van der Waals surface area contributed by atoms with Gasteiger partial charge in [0.05, 0.1) is 5.52 Å². The lowest BCUT2D eigenvalue weighted by molar-refractivity contribution is -0.129. The molecule has 4 aromatic rings. The van der Waals surface area contributed by atoms with E-state index < -0.39 is 5.97 Å². The molecule has 1 aliphatic rings. The van der Waals surface area contributed by atoms with Gasteiger partial charge in [-0.05, 0) is 61.4 Å². The Bertz CT molecular complexity index is 1410. The first-order valence-electron chi connectivity index (χ1n) is 10.3. The second-order valence-electron chi connectivity index (χ2n) is 7.64. The lowest BCUT2D eigenvalue weighted by atomic mass is 10.1. The zero-order valence-electron chi connectivity index (χ0n) is 17.7. The van der Waals surface area contributed by atoms with Crippen LogP contribution in [-0.2, 0) is 9.53 Å². The second-order valence-corrected chi connectivity index (χ2v) is 8.71. The third-order valence-corrected chi connectivity index (χ3v) is 6.24. The third-order valence-electron chi connectivity index (χ3n) is 5.21. The molecule has 5 rings (SSSR count). The summed E-state index contributed by atoms with van der Waals surface area (Å²) < 4.78 is 5.49. The van der Waals surface area contributed by atoms with Crippen LogP contribution in [0.5, 0.6) is 0 Å². The molecule has 5 heteroatoms. The Morgan fingerprint density at radius 3 is 2.50 bits per heavy atom. The number of benzene rings is 3. The van der Waals surface area contributed by atoms with Gasteiger partial charge in [-0.3, -0.25) is 0 Å². The zero-order valence-corrected chi connectivity index (χ0v) is 18.5. The zero-order chi connectivity index (χ0) is 22.1. The van der Waals surface area contributed by atoms with E-state index in [1.54, 1.807) is 17.8 Å². The molecule has 1 aliphatic heterocycles. The number of hydrogen-bond acceptors (Lipinski definition) is 5. The molecule has 0 aliphatic carbocycles. The van der Waals surface area contributed by atoms with Crippen molar-refractivity contribution in [2.45, 2.75) is 23.8 Å². The summed E-state index contributed by atoms with van der Waals surface area (Å²) in [5, 5.41) is 1.82. The number of esters is 1. The number of ether oxygens (including phenoxy) is 1. The molecule has 156 valence electrons. The van der Waals surface area contributed by atoms with Gasteiger partial charge < -0.3 is 4.74 Å². The van der Waals surface area contributed by atoms with Gasteiger partial charge in [-0.1, -0.05) is 60.3 Å². The summed E-state index contributed by atoms with van der Waals surface area (Å²) >= 11 is 1.56. The van der Waals surface area contributed by atoms with Crippen molar-refractivity contribution in [2.24, 2.45) is 4.99 Å². The van der Waals surface area contributed by atoms with Crippen LogP contribution in [0.25, 0.3) is 17.0 Å². The number of carbonyl (C=O) groups is 1. The number of carbonyl (C=O) groups excluding carboxylic acids is 1. The fourth-order valence-corrected chi connectivity index (χ4v) is 4.44. The van der Waals surface area contributed by atoms with Crippen LogP contribution in [0.4, 0.5) is 0 Å². The summed E-state index contributed by atoms with van der Waals surface area (Å²) in [6, 6.07) is 26.0. The smallest absolute Gasteiger partial charge is 0.363 e. The van der Waals surface area contributed by atoms with Crippen molar-refractivity contribution in [1.29, 1.82) is 0 Å². The largest absolute Gasteiger partial charge is 0.402 e. The van der Waals surface area contributed by atoms with Crippen LogP contribution in [0.15, 0.2) is 99.5 Å². The summed E-state index contributed by atoms with van der Waals surface area (Å²) in [5.74, 6) is -0.121. The average Bonchev–Trinajstić information content (AvgIpc) is 3.15. The van der Waals surface area contributed by atoms with Crippen LogP contribution >= 0.6 is 11.8 Å². The molecule has 4 nitrogen and oxygen atoms in total. The molecule has 0 fully saturated rings. The van der Waals surface area contributed by atoms with E-state index in [2.05, 4.69) is 30.1 Å². The summed E-state index contributed by atoms with van der Waals surface area (Å²) in [6.07, 6.45) is 1.77. The highest BCUT2D eigenvalue weighted by molar-refractivity contribution is 7.99. The molecule has 0 radical (unpaired) electrons. The molecular weight excluding hydrogens is 416 g/mol. The first-order chi connectivity index (χ1) is 15.6. The fourth-order valence-electron chi connectivity index (χ4n) is 3.55. The molecular formula is C27H20N2O2S. The monoisotopic (exact) mass is 436 g/mol.